The highest BCUT2D eigenvalue weighted by Crippen LogP contribution is 2.24. The van der Waals surface area contributed by atoms with Gasteiger partial charge < -0.3 is 5.11 Å². The first-order chi connectivity index (χ1) is 7.65. The minimum absolute atomic E-state index is 0.183. The van der Waals surface area contributed by atoms with Crippen molar-refractivity contribution in [2.45, 2.75) is 19.4 Å². The molecule has 0 amide bonds. The number of thiophene rings is 1. The van der Waals surface area contributed by atoms with Crippen molar-refractivity contribution in [3.63, 3.8) is 0 Å². The molecule has 2 heterocycles. The molecule has 0 spiro atoms. The Morgan fingerprint density at radius 3 is 3.12 bits per heavy atom. The Hall–Kier alpha value is -0.390. The first-order valence-corrected chi connectivity index (χ1v) is 7.00. The highest BCUT2D eigenvalue weighted by Gasteiger charge is 2.25. The van der Waals surface area contributed by atoms with Gasteiger partial charge in [0, 0.05) is 27.8 Å². The zero-order valence-corrected chi connectivity index (χ0v) is 11.3. The summed E-state index contributed by atoms with van der Waals surface area (Å²) in [6, 6.07) is 2.11. The number of carboxylic acid groups (broad SMARTS) is 1. The lowest BCUT2D eigenvalue weighted by atomic mass is 9.98. The van der Waals surface area contributed by atoms with Gasteiger partial charge in [-0.2, -0.15) is 0 Å². The maximum absolute atomic E-state index is 10.9. The van der Waals surface area contributed by atoms with E-state index in [2.05, 4.69) is 32.3 Å². The number of hydrogen-bond donors (Lipinski definition) is 1. The number of aliphatic carboxylic acids is 1. The third kappa shape index (κ3) is 3.06. The van der Waals surface area contributed by atoms with E-state index in [-0.39, 0.29) is 5.92 Å². The normalized spacial score (nSPS) is 22.2. The van der Waals surface area contributed by atoms with Gasteiger partial charge in [-0.05, 0) is 41.4 Å². The van der Waals surface area contributed by atoms with E-state index in [1.54, 1.807) is 11.3 Å². The highest BCUT2D eigenvalue weighted by atomic mass is 79.9. The van der Waals surface area contributed by atoms with Gasteiger partial charge in [-0.1, -0.05) is 0 Å². The molecule has 5 heteroatoms. The van der Waals surface area contributed by atoms with E-state index in [1.165, 1.54) is 4.88 Å². The van der Waals surface area contributed by atoms with E-state index in [9.17, 15) is 4.79 Å². The fourth-order valence-corrected chi connectivity index (χ4v) is 3.55. The maximum atomic E-state index is 10.9. The molecule has 1 atom stereocenters. The monoisotopic (exact) mass is 303 g/mol. The number of likely N-dealkylation sites (tertiary alicyclic amines) is 1. The molecule has 0 saturated carbocycles. The van der Waals surface area contributed by atoms with Crippen LogP contribution in [0.2, 0.25) is 0 Å². The number of carbonyl (C=O) groups is 1. The van der Waals surface area contributed by atoms with E-state index in [0.717, 1.165) is 30.4 Å². The van der Waals surface area contributed by atoms with Crippen LogP contribution in [0.15, 0.2) is 15.9 Å². The lowest BCUT2D eigenvalue weighted by molar-refractivity contribution is -0.143. The molecular formula is C11H14BrNO2S. The van der Waals surface area contributed by atoms with Crippen molar-refractivity contribution in [1.82, 2.24) is 4.90 Å². The predicted molar refractivity (Wildman–Crippen MR) is 67.7 cm³/mol. The summed E-state index contributed by atoms with van der Waals surface area (Å²) in [7, 11) is 0. The van der Waals surface area contributed by atoms with Gasteiger partial charge in [0.05, 0.1) is 5.92 Å². The van der Waals surface area contributed by atoms with Crippen LogP contribution in [0.4, 0.5) is 0 Å². The van der Waals surface area contributed by atoms with Gasteiger partial charge in [-0.3, -0.25) is 9.69 Å². The van der Waals surface area contributed by atoms with E-state index in [4.69, 9.17) is 5.11 Å². The molecule has 1 fully saturated rings. The van der Waals surface area contributed by atoms with E-state index in [0.29, 0.717) is 6.54 Å². The Morgan fingerprint density at radius 2 is 2.50 bits per heavy atom. The van der Waals surface area contributed by atoms with Crippen LogP contribution in [-0.2, 0) is 11.3 Å². The number of nitrogens with zero attached hydrogens (tertiary/aromatic N) is 1. The quantitative estimate of drug-likeness (QED) is 0.933. The molecule has 16 heavy (non-hydrogen) atoms. The van der Waals surface area contributed by atoms with Crippen LogP contribution in [-0.4, -0.2) is 29.1 Å². The van der Waals surface area contributed by atoms with Gasteiger partial charge in [0.1, 0.15) is 0 Å². The van der Waals surface area contributed by atoms with E-state index in [1.807, 2.05) is 0 Å². The predicted octanol–water partition coefficient (Wildman–Crippen LogP) is 2.81. The molecule has 1 aliphatic heterocycles. The van der Waals surface area contributed by atoms with Gasteiger partial charge >= 0.3 is 5.97 Å². The van der Waals surface area contributed by atoms with Crippen LogP contribution in [0.1, 0.15) is 17.7 Å². The number of piperidine rings is 1. The van der Waals surface area contributed by atoms with Crippen LogP contribution < -0.4 is 0 Å². The minimum atomic E-state index is -0.655. The second-order valence-corrected chi connectivity index (χ2v) is 6.06. The summed E-state index contributed by atoms with van der Waals surface area (Å²) in [4.78, 5) is 14.5. The maximum Gasteiger partial charge on any atom is 0.307 e. The van der Waals surface area contributed by atoms with Gasteiger partial charge in [0.25, 0.3) is 0 Å². The molecule has 1 saturated heterocycles. The molecule has 1 N–H and O–H groups in total. The minimum Gasteiger partial charge on any atom is -0.481 e. The fourth-order valence-electron chi connectivity index (χ4n) is 2.06. The van der Waals surface area contributed by atoms with Crippen molar-refractivity contribution in [2.75, 3.05) is 13.1 Å². The number of halogens is 1. The summed E-state index contributed by atoms with van der Waals surface area (Å²) in [5.41, 5.74) is 0. The fraction of sp³-hybridized carbons (Fsp3) is 0.545. The van der Waals surface area contributed by atoms with Crippen molar-refractivity contribution in [3.8, 4) is 0 Å². The van der Waals surface area contributed by atoms with Crippen molar-refractivity contribution < 1.29 is 9.90 Å². The first kappa shape index (κ1) is 12.1. The first-order valence-electron chi connectivity index (χ1n) is 5.33. The molecule has 0 bridgehead atoms. The molecule has 88 valence electrons. The SMILES string of the molecule is O=C(O)C1CCCN(Cc2cc(Br)cs2)C1. The van der Waals surface area contributed by atoms with Crippen molar-refractivity contribution in [1.29, 1.82) is 0 Å². The lowest BCUT2D eigenvalue weighted by Gasteiger charge is -2.30. The summed E-state index contributed by atoms with van der Waals surface area (Å²) >= 11 is 5.15. The average Bonchev–Trinajstić information content (AvgIpc) is 2.64. The average molecular weight is 304 g/mol. The van der Waals surface area contributed by atoms with Crippen molar-refractivity contribution >= 4 is 33.2 Å². The van der Waals surface area contributed by atoms with Crippen molar-refractivity contribution in [2.24, 2.45) is 5.92 Å². The molecule has 1 aliphatic rings. The van der Waals surface area contributed by atoms with E-state index >= 15 is 0 Å². The van der Waals surface area contributed by atoms with Crippen molar-refractivity contribution in [3.05, 3.63) is 20.8 Å². The molecule has 0 radical (unpaired) electrons. The van der Waals surface area contributed by atoms with Gasteiger partial charge in [-0.15, -0.1) is 11.3 Å². The summed E-state index contributed by atoms with van der Waals surface area (Å²) in [6.45, 7) is 2.57. The summed E-state index contributed by atoms with van der Waals surface area (Å²) in [5.74, 6) is -0.839. The molecule has 3 nitrogen and oxygen atoms in total. The Labute approximate surface area is 107 Å². The van der Waals surface area contributed by atoms with Crippen LogP contribution in [0.5, 0.6) is 0 Å². The topological polar surface area (TPSA) is 40.5 Å². The number of rotatable bonds is 3. The zero-order valence-electron chi connectivity index (χ0n) is 8.86. The van der Waals surface area contributed by atoms with Crippen LogP contribution in [0, 0.1) is 5.92 Å². The second-order valence-electron chi connectivity index (χ2n) is 4.14. The third-order valence-electron chi connectivity index (χ3n) is 2.86. The Kier molecular flexibility index (Phi) is 4.00. The zero-order chi connectivity index (χ0) is 11.5. The molecule has 0 aliphatic carbocycles. The van der Waals surface area contributed by atoms with Crippen LogP contribution >= 0.6 is 27.3 Å². The Morgan fingerprint density at radius 1 is 1.69 bits per heavy atom. The standard InChI is InChI=1S/C11H14BrNO2S/c12-9-4-10(16-7-9)6-13-3-1-2-8(5-13)11(14)15/h4,7-8H,1-3,5-6H2,(H,14,15). The molecule has 1 aromatic rings. The molecule has 2 rings (SSSR count). The molecule has 1 aromatic heterocycles. The summed E-state index contributed by atoms with van der Waals surface area (Å²) in [6.07, 6.45) is 1.81. The third-order valence-corrected chi connectivity index (χ3v) is 4.54. The lowest BCUT2D eigenvalue weighted by Crippen LogP contribution is -2.37. The number of carboxylic acids is 1. The highest BCUT2D eigenvalue weighted by molar-refractivity contribution is 9.10. The number of hydrogen-bond acceptors (Lipinski definition) is 3. The van der Waals surface area contributed by atoms with Gasteiger partial charge in [0.15, 0.2) is 0 Å². The second kappa shape index (κ2) is 5.29. The molecular weight excluding hydrogens is 290 g/mol. The Balaban J connectivity index is 1.92. The summed E-state index contributed by atoms with van der Waals surface area (Å²) in [5, 5.41) is 11.1. The summed E-state index contributed by atoms with van der Waals surface area (Å²) < 4.78 is 1.11. The molecule has 1 unspecified atom stereocenters. The van der Waals surface area contributed by atoms with E-state index < -0.39 is 5.97 Å². The van der Waals surface area contributed by atoms with Crippen LogP contribution in [0.3, 0.4) is 0 Å². The van der Waals surface area contributed by atoms with Crippen LogP contribution in [0.25, 0.3) is 0 Å². The smallest absolute Gasteiger partial charge is 0.307 e. The Bertz CT molecular complexity index is 380. The van der Waals surface area contributed by atoms with Gasteiger partial charge in [-0.25, -0.2) is 0 Å². The van der Waals surface area contributed by atoms with Gasteiger partial charge in [0.2, 0.25) is 0 Å². The molecule has 0 aromatic carbocycles. The largest absolute Gasteiger partial charge is 0.481 e.